The lowest BCUT2D eigenvalue weighted by molar-refractivity contribution is -0.153. The highest BCUT2D eigenvalue weighted by atomic mass is 35.5. The summed E-state index contributed by atoms with van der Waals surface area (Å²) in [6.45, 7) is 7.08. The van der Waals surface area contributed by atoms with Gasteiger partial charge in [0, 0.05) is 6.20 Å². The summed E-state index contributed by atoms with van der Waals surface area (Å²) in [4.78, 5) is 29.4. The molecular weight excluding hydrogens is 455 g/mol. The van der Waals surface area contributed by atoms with Crippen LogP contribution in [0.2, 0.25) is 5.02 Å². The van der Waals surface area contributed by atoms with Crippen molar-refractivity contribution in [1.29, 1.82) is 0 Å². The van der Waals surface area contributed by atoms with Crippen molar-refractivity contribution < 1.29 is 18.7 Å². The number of carbonyl (C=O) groups is 2. The molecule has 5 nitrogen and oxygen atoms in total. The molecule has 1 N–H and O–H groups in total. The molecule has 1 heterocycles. The average molecular weight is 483 g/mol. The molecule has 0 atom stereocenters. The molecule has 0 aliphatic carbocycles. The lowest BCUT2D eigenvalue weighted by Gasteiger charge is -2.19. The molecule has 34 heavy (non-hydrogen) atoms. The molecule has 0 saturated carbocycles. The second kappa shape index (κ2) is 10.8. The van der Waals surface area contributed by atoms with Gasteiger partial charge >= 0.3 is 5.97 Å². The van der Waals surface area contributed by atoms with Crippen LogP contribution in [0.15, 0.2) is 54.7 Å². The largest absolute Gasteiger partial charge is 0.460 e. The van der Waals surface area contributed by atoms with Crippen molar-refractivity contribution in [2.24, 2.45) is 0 Å². The van der Waals surface area contributed by atoms with Crippen molar-refractivity contribution in [2.45, 2.75) is 52.6 Å². The molecule has 3 aromatic rings. The summed E-state index contributed by atoms with van der Waals surface area (Å²) in [5.74, 6) is -1.55. The third-order valence-corrected chi connectivity index (χ3v) is 5.40. The molecule has 0 unspecified atom stereocenters. The third kappa shape index (κ3) is 7.12. The van der Waals surface area contributed by atoms with Gasteiger partial charge in [-0.05, 0) is 74.9 Å². The number of nitrogens with one attached hydrogen (secondary N) is 1. The van der Waals surface area contributed by atoms with Crippen LogP contribution in [-0.2, 0) is 28.8 Å². The molecule has 0 saturated heterocycles. The highest BCUT2D eigenvalue weighted by Gasteiger charge is 2.21. The molecule has 0 aliphatic rings. The minimum atomic E-state index is -0.784. The molecule has 1 aromatic heterocycles. The van der Waals surface area contributed by atoms with Crippen LogP contribution in [-0.4, -0.2) is 22.5 Å². The van der Waals surface area contributed by atoms with Crippen LogP contribution >= 0.6 is 11.6 Å². The summed E-state index contributed by atoms with van der Waals surface area (Å²) < 4.78 is 19.7. The van der Waals surface area contributed by atoms with E-state index in [0.717, 1.165) is 30.0 Å². The number of nitrogens with zero attached hydrogens (tertiary/aromatic N) is 1. The third-order valence-electron chi connectivity index (χ3n) is 5.01. The number of aryl methyl sites for hydroxylation is 3. The van der Waals surface area contributed by atoms with Crippen LogP contribution < -0.4 is 5.32 Å². The zero-order chi connectivity index (χ0) is 24.9. The number of hydrogen-bond donors (Lipinski definition) is 1. The topological polar surface area (TPSA) is 68.3 Å². The zero-order valence-electron chi connectivity index (χ0n) is 19.7. The van der Waals surface area contributed by atoms with E-state index in [4.69, 9.17) is 16.3 Å². The van der Waals surface area contributed by atoms with Gasteiger partial charge in [0.05, 0.1) is 17.0 Å². The van der Waals surface area contributed by atoms with Gasteiger partial charge in [-0.15, -0.1) is 0 Å². The maximum Gasteiger partial charge on any atom is 0.310 e. The fraction of sp³-hybridized carbons (Fsp3) is 0.296. The first-order valence-corrected chi connectivity index (χ1v) is 11.4. The smallest absolute Gasteiger partial charge is 0.310 e. The summed E-state index contributed by atoms with van der Waals surface area (Å²) in [5.41, 5.74) is 2.61. The van der Waals surface area contributed by atoms with E-state index in [1.54, 1.807) is 27.0 Å². The highest BCUT2D eigenvalue weighted by Crippen LogP contribution is 2.25. The van der Waals surface area contributed by atoms with Crippen LogP contribution in [0, 0.1) is 12.7 Å². The van der Waals surface area contributed by atoms with Crippen molar-refractivity contribution >= 4 is 29.3 Å². The van der Waals surface area contributed by atoms with Gasteiger partial charge in [-0.1, -0.05) is 48.0 Å². The number of rotatable bonds is 7. The van der Waals surface area contributed by atoms with E-state index >= 15 is 0 Å². The Bertz CT molecular complexity index is 1190. The number of anilines is 1. The Morgan fingerprint density at radius 3 is 2.35 bits per heavy atom. The second-order valence-electron chi connectivity index (χ2n) is 9.15. The first-order chi connectivity index (χ1) is 16.0. The van der Waals surface area contributed by atoms with E-state index in [9.17, 15) is 14.0 Å². The molecule has 0 bridgehead atoms. The van der Waals surface area contributed by atoms with E-state index in [2.05, 4.69) is 22.4 Å². The SMILES string of the molecule is Cc1cc(CCc2ccccc2)cnc1NC(=O)c1cc(CC(=O)OC(C)(C)C)cc(F)c1Cl. The highest BCUT2D eigenvalue weighted by molar-refractivity contribution is 6.34. The van der Waals surface area contributed by atoms with Gasteiger partial charge in [-0.3, -0.25) is 9.59 Å². The molecule has 0 fully saturated rings. The summed E-state index contributed by atoms with van der Waals surface area (Å²) in [6, 6.07) is 14.7. The van der Waals surface area contributed by atoms with Gasteiger partial charge in [-0.25, -0.2) is 9.37 Å². The Morgan fingerprint density at radius 2 is 1.71 bits per heavy atom. The fourth-order valence-corrected chi connectivity index (χ4v) is 3.66. The number of benzene rings is 2. The van der Waals surface area contributed by atoms with Crippen molar-refractivity contribution in [3.05, 3.63) is 93.4 Å². The maximum absolute atomic E-state index is 14.4. The predicted octanol–water partition coefficient (Wildman–Crippen LogP) is 6.10. The Morgan fingerprint density at radius 1 is 1.03 bits per heavy atom. The molecule has 0 radical (unpaired) electrons. The van der Waals surface area contributed by atoms with E-state index in [0.29, 0.717) is 11.4 Å². The van der Waals surface area contributed by atoms with Crippen molar-refractivity contribution in [3.63, 3.8) is 0 Å². The lowest BCUT2D eigenvalue weighted by Crippen LogP contribution is -2.25. The Labute approximate surface area is 204 Å². The molecule has 1 amide bonds. The predicted molar refractivity (Wildman–Crippen MR) is 132 cm³/mol. The molecule has 3 rings (SSSR count). The van der Waals surface area contributed by atoms with Crippen LogP contribution in [0.4, 0.5) is 10.2 Å². The molecular formula is C27H28ClFN2O3. The van der Waals surface area contributed by atoms with Gasteiger partial charge < -0.3 is 10.1 Å². The van der Waals surface area contributed by atoms with Crippen LogP contribution in [0.1, 0.15) is 53.4 Å². The fourth-order valence-electron chi connectivity index (χ4n) is 3.47. The number of pyridine rings is 1. The number of ether oxygens (including phenoxy) is 1. The summed E-state index contributed by atoms with van der Waals surface area (Å²) in [5, 5.41) is 2.38. The first kappa shape index (κ1) is 25.4. The van der Waals surface area contributed by atoms with Gasteiger partial charge in [-0.2, -0.15) is 0 Å². The van der Waals surface area contributed by atoms with Gasteiger partial charge in [0.1, 0.15) is 17.2 Å². The van der Waals surface area contributed by atoms with Crippen molar-refractivity contribution in [1.82, 2.24) is 4.98 Å². The molecule has 0 aliphatic heterocycles. The van der Waals surface area contributed by atoms with Crippen LogP contribution in [0.25, 0.3) is 0 Å². The van der Waals surface area contributed by atoms with Gasteiger partial charge in [0.25, 0.3) is 5.91 Å². The van der Waals surface area contributed by atoms with Crippen LogP contribution in [0.5, 0.6) is 0 Å². The normalized spacial score (nSPS) is 11.2. The van der Waals surface area contributed by atoms with E-state index in [1.165, 1.54) is 11.6 Å². The number of hydrogen-bond acceptors (Lipinski definition) is 4. The van der Waals surface area contributed by atoms with Crippen LogP contribution in [0.3, 0.4) is 0 Å². The minimum absolute atomic E-state index is 0.0745. The summed E-state index contributed by atoms with van der Waals surface area (Å²) in [7, 11) is 0. The number of carbonyl (C=O) groups excluding carboxylic acids is 2. The number of esters is 1. The maximum atomic E-state index is 14.4. The first-order valence-electron chi connectivity index (χ1n) is 11.0. The van der Waals surface area contributed by atoms with E-state index in [-0.39, 0.29) is 17.0 Å². The molecule has 0 spiro atoms. The summed E-state index contributed by atoms with van der Waals surface area (Å²) >= 11 is 6.06. The second-order valence-corrected chi connectivity index (χ2v) is 9.53. The average Bonchev–Trinajstić information content (AvgIpc) is 2.75. The quantitative estimate of drug-likeness (QED) is 0.413. The van der Waals surface area contributed by atoms with Gasteiger partial charge in [0.15, 0.2) is 0 Å². The monoisotopic (exact) mass is 482 g/mol. The number of halogens is 2. The summed E-state index contributed by atoms with van der Waals surface area (Å²) in [6.07, 6.45) is 3.23. The lowest BCUT2D eigenvalue weighted by atomic mass is 10.0. The van der Waals surface area contributed by atoms with Crippen molar-refractivity contribution in [3.8, 4) is 0 Å². The van der Waals surface area contributed by atoms with E-state index in [1.807, 2.05) is 31.2 Å². The molecule has 178 valence electrons. The van der Waals surface area contributed by atoms with E-state index < -0.39 is 23.3 Å². The molecule has 7 heteroatoms. The molecule has 2 aromatic carbocycles. The Balaban J connectivity index is 1.72. The Hall–Kier alpha value is -3.25. The van der Waals surface area contributed by atoms with Crippen molar-refractivity contribution in [2.75, 3.05) is 5.32 Å². The minimum Gasteiger partial charge on any atom is -0.460 e. The Kier molecular flexibility index (Phi) is 8.05. The number of aromatic nitrogens is 1. The number of amides is 1. The van der Waals surface area contributed by atoms with Gasteiger partial charge in [0.2, 0.25) is 0 Å². The standard InChI is InChI=1S/C27H28ClFN2O3/c1-17-12-19(11-10-18-8-6-5-7-9-18)16-30-25(17)31-26(33)21-13-20(14-22(29)24(21)28)15-23(32)34-27(2,3)4/h5-9,12-14,16H,10-11,15H2,1-4H3,(H,30,31,33). The zero-order valence-corrected chi connectivity index (χ0v) is 20.5.